The minimum atomic E-state index is -3.96. The number of benzene rings is 2. The van der Waals surface area contributed by atoms with Gasteiger partial charge in [-0.05, 0) is 100 Å². The summed E-state index contributed by atoms with van der Waals surface area (Å²) in [5.74, 6) is -1.99. The van der Waals surface area contributed by atoms with Crippen molar-refractivity contribution in [3.63, 3.8) is 0 Å². The number of hydrogen-bond acceptors (Lipinski definition) is 6. The number of piperidine rings is 1. The Labute approximate surface area is 221 Å². The van der Waals surface area contributed by atoms with E-state index in [0.717, 1.165) is 54.9 Å². The van der Waals surface area contributed by atoms with E-state index in [9.17, 15) is 22.0 Å². The predicted octanol–water partition coefficient (Wildman–Crippen LogP) is 6.01. The van der Waals surface area contributed by atoms with Gasteiger partial charge in [0.25, 0.3) is 0 Å². The lowest BCUT2D eigenvalue weighted by molar-refractivity contribution is 0.162. The summed E-state index contributed by atoms with van der Waals surface area (Å²) in [6.45, 7) is 7.77. The summed E-state index contributed by atoms with van der Waals surface area (Å²) in [7, 11) is -3.96. The molecule has 3 aromatic rings. The first-order valence-corrected chi connectivity index (χ1v) is 14.0. The SMILES string of the molecule is CCOC(=O)Nc1cnc(C)c(C2CCN(C(C)c3ccc(S(=O)(=O)c4ccc(F)c(F)c4)cc3)CC2)c1. The number of carbonyl (C=O) groups excluding carboxylic acids is 1. The van der Waals surface area contributed by atoms with Crippen LogP contribution in [0.3, 0.4) is 0 Å². The molecule has 1 N–H and O–H groups in total. The van der Waals surface area contributed by atoms with Crippen LogP contribution >= 0.6 is 0 Å². The fourth-order valence-electron chi connectivity index (χ4n) is 4.83. The summed E-state index contributed by atoms with van der Waals surface area (Å²) >= 11 is 0. The van der Waals surface area contributed by atoms with Crippen LogP contribution in [0, 0.1) is 18.6 Å². The molecule has 1 aliphatic heterocycles. The average molecular weight is 544 g/mol. The summed E-state index contributed by atoms with van der Waals surface area (Å²) in [4.78, 5) is 18.3. The van der Waals surface area contributed by atoms with Gasteiger partial charge in [-0.15, -0.1) is 0 Å². The van der Waals surface area contributed by atoms with Crippen LogP contribution in [0.4, 0.5) is 19.3 Å². The maximum Gasteiger partial charge on any atom is 0.411 e. The third-order valence-electron chi connectivity index (χ3n) is 7.04. The van der Waals surface area contributed by atoms with Gasteiger partial charge in [-0.2, -0.15) is 0 Å². The van der Waals surface area contributed by atoms with Crippen LogP contribution in [-0.2, 0) is 14.6 Å². The molecule has 1 aliphatic rings. The highest BCUT2D eigenvalue weighted by atomic mass is 32.2. The van der Waals surface area contributed by atoms with Gasteiger partial charge < -0.3 is 4.74 Å². The van der Waals surface area contributed by atoms with E-state index in [-0.39, 0.29) is 15.8 Å². The molecule has 1 fully saturated rings. The molecule has 2 aromatic carbocycles. The van der Waals surface area contributed by atoms with Gasteiger partial charge in [0.2, 0.25) is 9.84 Å². The number of nitrogens with one attached hydrogen (secondary N) is 1. The average Bonchev–Trinajstić information content (AvgIpc) is 2.91. The van der Waals surface area contributed by atoms with Crippen LogP contribution < -0.4 is 5.32 Å². The number of amides is 1. The van der Waals surface area contributed by atoms with E-state index in [4.69, 9.17) is 4.74 Å². The number of aryl methyl sites for hydroxylation is 1. The minimum Gasteiger partial charge on any atom is -0.450 e. The van der Waals surface area contributed by atoms with Gasteiger partial charge in [0.1, 0.15) is 0 Å². The van der Waals surface area contributed by atoms with Gasteiger partial charge in [0, 0.05) is 11.7 Å². The van der Waals surface area contributed by atoms with Gasteiger partial charge in [-0.1, -0.05) is 12.1 Å². The number of hydrogen-bond donors (Lipinski definition) is 1. The third-order valence-corrected chi connectivity index (χ3v) is 8.81. The Bertz CT molecular complexity index is 1410. The number of nitrogens with zero attached hydrogens (tertiary/aromatic N) is 2. The van der Waals surface area contributed by atoms with Gasteiger partial charge in [-0.25, -0.2) is 22.0 Å². The number of ether oxygens (including phenoxy) is 1. The van der Waals surface area contributed by atoms with E-state index in [1.807, 2.05) is 13.0 Å². The number of pyridine rings is 1. The molecule has 202 valence electrons. The third kappa shape index (κ3) is 6.02. The highest BCUT2D eigenvalue weighted by Gasteiger charge is 2.27. The Morgan fingerprint density at radius 2 is 1.74 bits per heavy atom. The molecule has 1 saturated heterocycles. The molecule has 7 nitrogen and oxygen atoms in total. The largest absolute Gasteiger partial charge is 0.450 e. The number of rotatable bonds is 7. The summed E-state index contributed by atoms with van der Waals surface area (Å²) in [5, 5.41) is 2.72. The first-order chi connectivity index (χ1) is 18.1. The second kappa shape index (κ2) is 11.6. The van der Waals surface area contributed by atoms with Crippen molar-refractivity contribution in [2.75, 3.05) is 25.0 Å². The number of halogens is 2. The fourth-order valence-corrected chi connectivity index (χ4v) is 6.10. The van der Waals surface area contributed by atoms with Gasteiger partial charge in [-0.3, -0.25) is 15.2 Å². The van der Waals surface area contributed by atoms with Crippen molar-refractivity contribution in [2.45, 2.75) is 55.4 Å². The van der Waals surface area contributed by atoms with Crippen LogP contribution in [0.25, 0.3) is 0 Å². The Morgan fingerprint density at radius 1 is 1.08 bits per heavy atom. The molecule has 1 aromatic heterocycles. The topological polar surface area (TPSA) is 88.6 Å². The zero-order valence-electron chi connectivity index (χ0n) is 21.6. The molecule has 1 amide bonds. The fraction of sp³-hybridized carbons (Fsp3) is 0.357. The van der Waals surface area contributed by atoms with Crippen molar-refractivity contribution in [3.8, 4) is 0 Å². The van der Waals surface area contributed by atoms with E-state index in [1.54, 1.807) is 25.3 Å². The van der Waals surface area contributed by atoms with E-state index >= 15 is 0 Å². The van der Waals surface area contributed by atoms with E-state index in [1.165, 1.54) is 12.1 Å². The number of aromatic nitrogens is 1. The molecule has 38 heavy (non-hydrogen) atoms. The van der Waals surface area contributed by atoms with Crippen LogP contribution in [0.2, 0.25) is 0 Å². The number of likely N-dealkylation sites (tertiary alicyclic amines) is 1. The molecule has 1 atom stereocenters. The highest BCUT2D eigenvalue weighted by Crippen LogP contribution is 2.34. The van der Waals surface area contributed by atoms with Crippen LogP contribution in [-0.4, -0.2) is 44.1 Å². The van der Waals surface area contributed by atoms with Crippen molar-refractivity contribution in [1.29, 1.82) is 0 Å². The minimum absolute atomic E-state index is 0.0254. The molecule has 0 bridgehead atoms. The van der Waals surface area contributed by atoms with Gasteiger partial charge in [0.15, 0.2) is 11.6 Å². The Balaban J connectivity index is 1.41. The van der Waals surface area contributed by atoms with Crippen LogP contribution in [0.5, 0.6) is 0 Å². The lowest BCUT2D eigenvalue weighted by Gasteiger charge is -2.36. The molecule has 0 radical (unpaired) electrons. The molecular weight excluding hydrogens is 512 g/mol. The summed E-state index contributed by atoms with van der Waals surface area (Å²) in [6.07, 6.45) is 2.96. The predicted molar refractivity (Wildman–Crippen MR) is 140 cm³/mol. The van der Waals surface area contributed by atoms with Crippen molar-refractivity contribution in [3.05, 3.63) is 83.2 Å². The normalized spacial score (nSPS) is 15.7. The van der Waals surface area contributed by atoms with Crippen LogP contribution in [0.1, 0.15) is 55.5 Å². The standard InChI is InChI=1S/C28H31F2N3O4S/c1-4-37-28(34)32-22-15-25(18(2)31-17-22)21-11-13-33(14-12-21)19(3)20-5-7-23(8-6-20)38(35,36)24-9-10-26(29)27(30)16-24/h5-10,15-17,19,21H,4,11-14H2,1-3H3,(H,32,34). The van der Waals surface area contributed by atoms with Crippen molar-refractivity contribution >= 4 is 21.6 Å². The number of anilines is 1. The Morgan fingerprint density at radius 3 is 2.37 bits per heavy atom. The first-order valence-electron chi connectivity index (χ1n) is 12.5. The Kier molecular flexibility index (Phi) is 8.42. The molecule has 4 rings (SSSR count). The van der Waals surface area contributed by atoms with E-state index < -0.39 is 27.6 Å². The maximum absolute atomic E-state index is 13.6. The molecule has 2 heterocycles. The monoisotopic (exact) mass is 543 g/mol. The zero-order valence-corrected chi connectivity index (χ0v) is 22.4. The summed E-state index contributed by atoms with van der Waals surface area (Å²) in [6, 6.07) is 11.1. The van der Waals surface area contributed by atoms with Crippen molar-refractivity contribution < 1.29 is 26.7 Å². The van der Waals surface area contributed by atoms with E-state index in [0.29, 0.717) is 24.3 Å². The Hall–Kier alpha value is -3.37. The zero-order chi connectivity index (χ0) is 27.4. The second-order valence-corrected chi connectivity index (χ2v) is 11.3. The first kappa shape index (κ1) is 27.7. The molecule has 0 saturated carbocycles. The molecule has 0 spiro atoms. The maximum atomic E-state index is 13.6. The lowest BCUT2D eigenvalue weighted by Crippen LogP contribution is -2.35. The second-order valence-electron chi connectivity index (χ2n) is 9.38. The molecule has 0 aliphatic carbocycles. The lowest BCUT2D eigenvalue weighted by atomic mass is 9.87. The van der Waals surface area contributed by atoms with Gasteiger partial charge >= 0.3 is 6.09 Å². The van der Waals surface area contributed by atoms with Crippen LogP contribution in [0.15, 0.2) is 64.5 Å². The highest BCUT2D eigenvalue weighted by molar-refractivity contribution is 7.91. The summed E-state index contributed by atoms with van der Waals surface area (Å²) in [5.41, 5.74) is 3.62. The number of carbonyl (C=O) groups is 1. The van der Waals surface area contributed by atoms with E-state index in [2.05, 4.69) is 22.1 Å². The summed E-state index contributed by atoms with van der Waals surface area (Å²) < 4.78 is 57.5. The van der Waals surface area contributed by atoms with Crippen molar-refractivity contribution in [1.82, 2.24) is 9.88 Å². The molecule has 10 heteroatoms. The smallest absolute Gasteiger partial charge is 0.411 e. The van der Waals surface area contributed by atoms with Gasteiger partial charge in [0.05, 0.1) is 28.3 Å². The quantitative estimate of drug-likeness (QED) is 0.367. The van der Waals surface area contributed by atoms with Crippen molar-refractivity contribution in [2.24, 2.45) is 0 Å². The molecule has 1 unspecified atom stereocenters. The number of sulfone groups is 1. The molecular formula is C28H31F2N3O4S.